The van der Waals surface area contributed by atoms with Gasteiger partial charge in [0, 0.05) is 38.4 Å². The summed E-state index contributed by atoms with van der Waals surface area (Å²) in [5.41, 5.74) is 2.18. The summed E-state index contributed by atoms with van der Waals surface area (Å²) in [4.78, 5) is 21.3. The smallest absolute Gasteiger partial charge is 0.318 e. The third-order valence-corrected chi connectivity index (χ3v) is 4.78. The van der Waals surface area contributed by atoms with Crippen LogP contribution in [0.4, 0.5) is 10.6 Å². The summed E-state index contributed by atoms with van der Waals surface area (Å²) in [5.74, 6) is 0.980. The molecule has 1 N–H and O–H groups in total. The molecule has 0 aliphatic heterocycles. The van der Waals surface area contributed by atoms with E-state index in [1.54, 1.807) is 0 Å². The molecule has 1 heterocycles. The van der Waals surface area contributed by atoms with E-state index in [0.717, 1.165) is 37.3 Å². The van der Waals surface area contributed by atoms with Crippen molar-refractivity contribution in [1.29, 1.82) is 0 Å². The maximum atomic E-state index is 12.7. The summed E-state index contributed by atoms with van der Waals surface area (Å²) in [6.45, 7) is 7.29. The average Bonchev–Trinajstić information content (AvgIpc) is 3.52. The highest BCUT2D eigenvalue weighted by molar-refractivity contribution is 5.75. The van der Waals surface area contributed by atoms with Gasteiger partial charge in [-0.15, -0.1) is 0 Å². The van der Waals surface area contributed by atoms with Gasteiger partial charge < -0.3 is 15.1 Å². The van der Waals surface area contributed by atoms with Gasteiger partial charge in [-0.2, -0.15) is 0 Å². The molecule has 3 rings (SSSR count). The number of nitrogens with one attached hydrogen (secondary N) is 1. The molecule has 5 heteroatoms. The van der Waals surface area contributed by atoms with Crippen molar-refractivity contribution in [2.75, 3.05) is 18.0 Å². The van der Waals surface area contributed by atoms with Crippen molar-refractivity contribution in [2.24, 2.45) is 0 Å². The first-order chi connectivity index (χ1) is 12.7. The molecule has 1 saturated carbocycles. The van der Waals surface area contributed by atoms with E-state index < -0.39 is 0 Å². The molecule has 0 spiro atoms. The lowest BCUT2D eigenvalue weighted by Gasteiger charge is -2.23. The molecule has 1 aromatic carbocycles. The van der Waals surface area contributed by atoms with E-state index in [2.05, 4.69) is 41.2 Å². The molecular formula is C21H28N4O. The number of hydrogen-bond acceptors (Lipinski definition) is 3. The molecule has 5 nitrogen and oxygen atoms in total. The fraction of sp³-hybridized carbons (Fsp3) is 0.429. The Morgan fingerprint density at radius 3 is 2.38 bits per heavy atom. The predicted octanol–water partition coefficient (Wildman–Crippen LogP) is 3.80. The standard InChI is InChI=1S/C21H28N4O/c1-3-24(4-2)20-13-10-18(14-22-20)15-23-21(26)25(19-11-12-19)16-17-8-6-5-7-9-17/h5-10,13-14,19H,3-4,11-12,15-16H2,1-2H3,(H,23,26). The number of amides is 2. The third kappa shape index (κ3) is 4.75. The van der Waals surface area contributed by atoms with Gasteiger partial charge in [0.25, 0.3) is 0 Å². The summed E-state index contributed by atoms with van der Waals surface area (Å²) in [7, 11) is 0. The minimum atomic E-state index is 0.00386. The maximum absolute atomic E-state index is 12.7. The van der Waals surface area contributed by atoms with E-state index in [-0.39, 0.29) is 6.03 Å². The van der Waals surface area contributed by atoms with Crippen LogP contribution >= 0.6 is 0 Å². The Balaban J connectivity index is 1.56. The average molecular weight is 352 g/mol. The van der Waals surface area contributed by atoms with Crippen LogP contribution in [0.3, 0.4) is 0 Å². The highest BCUT2D eigenvalue weighted by Crippen LogP contribution is 2.28. The number of pyridine rings is 1. The quantitative estimate of drug-likeness (QED) is 0.786. The van der Waals surface area contributed by atoms with E-state index in [1.165, 1.54) is 5.56 Å². The number of urea groups is 1. The zero-order valence-corrected chi connectivity index (χ0v) is 15.7. The van der Waals surface area contributed by atoms with Crippen LogP contribution < -0.4 is 10.2 Å². The Morgan fingerprint density at radius 1 is 1.08 bits per heavy atom. The van der Waals surface area contributed by atoms with Crippen LogP contribution in [0, 0.1) is 0 Å². The van der Waals surface area contributed by atoms with Crippen molar-refractivity contribution >= 4 is 11.8 Å². The van der Waals surface area contributed by atoms with Crippen molar-refractivity contribution in [3.8, 4) is 0 Å². The van der Waals surface area contributed by atoms with Crippen molar-refractivity contribution in [3.05, 3.63) is 59.8 Å². The maximum Gasteiger partial charge on any atom is 0.318 e. The van der Waals surface area contributed by atoms with Crippen LogP contribution in [-0.4, -0.2) is 35.0 Å². The van der Waals surface area contributed by atoms with Crippen molar-refractivity contribution in [2.45, 2.75) is 45.8 Å². The van der Waals surface area contributed by atoms with E-state index in [4.69, 9.17) is 0 Å². The second-order valence-electron chi connectivity index (χ2n) is 6.70. The van der Waals surface area contributed by atoms with Gasteiger partial charge in [0.1, 0.15) is 5.82 Å². The lowest BCUT2D eigenvalue weighted by Crippen LogP contribution is -2.40. The molecule has 1 fully saturated rings. The SMILES string of the molecule is CCN(CC)c1ccc(CNC(=O)N(Cc2ccccc2)C2CC2)cn1. The largest absolute Gasteiger partial charge is 0.357 e. The second-order valence-corrected chi connectivity index (χ2v) is 6.70. The first-order valence-electron chi connectivity index (χ1n) is 9.49. The predicted molar refractivity (Wildman–Crippen MR) is 105 cm³/mol. The summed E-state index contributed by atoms with van der Waals surface area (Å²) in [5, 5.41) is 3.05. The van der Waals surface area contributed by atoms with Gasteiger partial charge in [-0.3, -0.25) is 0 Å². The summed E-state index contributed by atoms with van der Waals surface area (Å²) in [6, 6.07) is 14.6. The van der Waals surface area contributed by atoms with Gasteiger partial charge in [-0.1, -0.05) is 36.4 Å². The molecule has 0 bridgehead atoms. The fourth-order valence-corrected chi connectivity index (χ4v) is 3.07. The monoisotopic (exact) mass is 352 g/mol. The van der Waals surface area contributed by atoms with Gasteiger partial charge in [0.05, 0.1) is 0 Å². The third-order valence-electron chi connectivity index (χ3n) is 4.78. The van der Waals surface area contributed by atoms with Crippen LogP contribution in [0.2, 0.25) is 0 Å². The minimum absolute atomic E-state index is 0.00386. The van der Waals surface area contributed by atoms with E-state index >= 15 is 0 Å². The van der Waals surface area contributed by atoms with Gasteiger partial charge in [0.15, 0.2) is 0 Å². The lowest BCUT2D eigenvalue weighted by atomic mass is 10.2. The first kappa shape index (κ1) is 18.2. The van der Waals surface area contributed by atoms with E-state index in [9.17, 15) is 4.79 Å². The molecule has 1 aromatic heterocycles. The molecule has 0 radical (unpaired) electrons. The molecule has 1 aliphatic carbocycles. The van der Waals surface area contributed by atoms with Gasteiger partial charge in [0.2, 0.25) is 0 Å². The molecule has 2 amide bonds. The zero-order chi connectivity index (χ0) is 18.4. The molecule has 26 heavy (non-hydrogen) atoms. The number of rotatable bonds is 8. The Hall–Kier alpha value is -2.56. The molecule has 1 aliphatic rings. The molecule has 138 valence electrons. The van der Waals surface area contributed by atoms with Crippen molar-refractivity contribution in [1.82, 2.24) is 15.2 Å². The summed E-state index contributed by atoms with van der Waals surface area (Å²) < 4.78 is 0. The molecule has 0 saturated heterocycles. The number of benzene rings is 1. The normalized spacial score (nSPS) is 13.3. The Labute approximate surface area is 156 Å². The van der Waals surface area contributed by atoms with Gasteiger partial charge >= 0.3 is 6.03 Å². The fourth-order valence-electron chi connectivity index (χ4n) is 3.07. The van der Waals surface area contributed by atoms with Crippen LogP contribution in [0.15, 0.2) is 48.7 Å². The van der Waals surface area contributed by atoms with Crippen molar-refractivity contribution < 1.29 is 4.79 Å². The molecular weight excluding hydrogens is 324 g/mol. The van der Waals surface area contributed by atoms with Crippen LogP contribution in [-0.2, 0) is 13.1 Å². The Morgan fingerprint density at radius 2 is 1.81 bits per heavy atom. The summed E-state index contributed by atoms with van der Waals surface area (Å²) in [6.07, 6.45) is 4.05. The zero-order valence-electron chi connectivity index (χ0n) is 15.7. The minimum Gasteiger partial charge on any atom is -0.357 e. The van der Waals surface area contributed by atoms with Gasteiger partial charge in [-0.05, 0) is 43.9 Å². The van der Waals surface area contributed by atoms with E-state index in [0.29, 0.717) is 19.1 Å². The first-order valence-corrected chi connectivity index (χ1v) is 9.49. The number of carbonyl (C=O) groups is 1. The molecule has 2 aromatic rings. The number of carbonyl (C=O) groups excluding carboxylic acids is 1. The number of anilines is 1. The van der Waals surface area contributed by atoms with E-state index in [1.807, 2.05) is 41.4 Å². The number of hydrogen-bond donors (Lipinski definition) is 1. The second kappa shape index (κ2) is 8.70. The topological polar surface area (TPSA) is 48.5 Å². The highest BCUT2D eigenvalue weighted by Gasteiger charge is 2.32. The van der Waals surface area contributed by atoms with Crippen LogP contribution in [0.5, 0.6) is 0 Å². The Kier molecular flexibility index (Phi) is 6.10. The van der Waals surface area contributed by atoms with Crippen molar-refractivity contribution in [3.63, 3.8) is 0 Å². The number of aromatic nitrogens is 1. The lowest BCUT2D eigenvalue weighted by molar-refractivity contribution is 0.191. The highest BCUT2D eigenvalue weighted by atomic mass is 16.2. The summed E-state index contributed by atoms with van der Waals surface area (Å²) >= 11 is 0. The van der Waals surface area contributed by atoms with Gasteiger partial charge in [-0.25, -0.2) is 9.78 Å². The number of nitrogens with zero attached hydrogens (tertiary/aromatic N) is 3. The molecule has 0 atom stereocenters. The van der Waals surface area contributed by atoms with Crippen LogP contribution in [0.25, 0.3) is 0 Å². The Bertz CT molecular complexity index is 694. The molecule has 0 unspecified atom stereocenters. The van der Waals surface area contributed by atoms with Crippen LogP contribution in [0.1, 0.15) is 37.8 Å².